The second-order valence-electron chi connectivity index (χ2n) is 5.50. The predicted molar refractivity (Wildman–Crippen MR) is 67.9 cm³/mol. The van der Waals surface area contributed by atoms with Crippen molar-refractivity contribution in [2.75, 3.05) is 13.1 Å². The molecule has 104 valence electrons. The van der Waals surface area contributed by atoms with Gasteiger partial charge in [0.25, 0.3) is 0 Å². The second kappa shape index (κ2) is 6.38. The summed E-state index contributed by atoms with van der Waals surface area (Å²) < 4.78 is 0. The Kier molecular flexibility index (Phi) is 4.83. The summed E-state index contributed by atoms with van der Waals surface area (Å²) in [5.41, 5.74) is 2.56. The van der Waals surface area contributed by atoms with E-state index in [1.807, 2.05) is 6.92 Å². The lowest BCUT2D eigenvalue weighted by Crippen LogP contribution is -2.46. The van der Waals surface area contributed by atoms with Crippen molar-refractivity contribution in [3.63, 3.8) is 0 Å². The molecule has 2 aliphatic rings. The summed E-state index contributed by atoms with van der Waals surface area (Å²) >= 11 is 0. The van der Waals surface area contributed by atoms with Gasteiger partial charge in [0.05, 0.1) is 12.2 Å². The zero-order valence-electron chi connectivity index (χ0n) is 11.1. The number of carbonyl (C=O) groups is 1. The minimum atomic E-state index is -0.273. The van der Waals surface area contributed by atoms with Crippen LogP contribution in [-0.2, 0) is 4.84 Å². The topological polar surface area (TPSA) is 61.8 Å². The molecule has 5 heteroatoms. The van der Waals surface area contributed by atoms with Gasteiger partial charge in [-0.2, -0.15) is 0 Å². The van der Waals surface area contributed by atoms with Gasteiger partial charge >= 0.3 is 6.03 Å². The van der Waals surface area contributed by atoms with Crippen LogP contribution in [0.5, 0.6) is 0 Å². The standard InChI is InChI=1S/C13H24N2O3/c1-10(16)11-6-8-15(9-7-11)13(17)14-18-12-4-2-3-5-12/h10-12,16H,2-9H2,1H3,(H,14,17). The number of amides is 2. The molecule has 2 amide bonds. The lowest BCUT2D eigenvalue weighted by atomic mass is 9.92. The van der Waals surface area contributed by atoms with Crippen LogP contribution in [0.2, 0.25) is 0 Å². The van der Waals surface area contributed by atoms with Crippen molar-refractivity contribution in [2.24, 2.45) is 5.92 Å². The van der Waals surface area contributed by atoms with Crippen LogP contribution in [-0.4, -0.2) is 41.3 Å². The van der Waals surface area contributed by atoms with Crippen LogP contribution in [0.4, 0.5) is 4.79 Å². The first-order chi connectivity index (χ1) is 8.66. The summed E-state index contributed by atoms with van der Waals surface area (Å²) in [5.74, 6) is 0.324. The summed E-state index contributed by atoms with van der Waals surface area (Å²) in [7, 11) is 0. The number of urea groups is 1. The molecule has 1 aliphatic heterocycles. The van der Waals surface area contributed by atoms with Gasteiger partial charge in [-0.3, -0.25) is 4.84 Å². The van der Waals surface area contributed by atoms with Crippen molar-refractivity contribution in [2.45, 2.75) is 57.7 Å². The van der Waals surface area contributed by atoms with Crippen LogP contribution in [0.1, 0.15) is 45.4 Å². The quantitative estimate of drug-likeness (QED) is 0.755. The number of hydrogen-bond acceptors (Lipinski definition) is 3. The van der Waals surface area contributed by atoms with Crippen LogP contribution in [0.25, 0.3) is 0 Å². The van der Waals surface area contributed by atoms with Crippen LogP contribution in [0.15, 0.2) is 0 Å². The molecule has 1 unspecified atom stereocenters. The van der Waals surface area contributed by atoms with E-state index in [0.29, 0.717) is 19.0 Å². The number of carbonyl (C=O) groups excluding carboxylic acids is 1. The highest BCUT2D eigenvalue weighted by molar-refractivity contribution is 5.73. The van der Waals surface area contributed by atoms with Gasteiger partial charge in [0.15, 0.2) is 0 Å². The fraction of sp³-hybridized carbons (Fsp3) is 0.923. The lowest BCUT2D eigenvalue weighted by Gasteiger charge is -2.33. The van der Waals surface area contributed by atoms with Crippen LogP contribution in [0, 0.1) is 5.92 Å². The smallest absolute Gasteiger partial charge is 0.341 e. The molecule has 0 spiro atoms. The SMILES string of the molecule is CC(O)C1CCN(C(=O)NOC2CCCC2)CC1. The molecule has 5 nitrogen and oxygen atoms in total. The van der Waals surface area contributed by atoms with Gasteiger partial charge in [-0.15, -0.1) is 0 Å². The Balaban J connectivity index is 1.67. The van der Waals surface area contributed by atoms with Gasteiger partial charge in [0.1, 0.15) is 0 Å². The van der Waals surface area contributed by atoms with Gasteiger partial charge in [-0.25, -0.2) is 10.3 Å². The average molecular weight is 256 g/mol. The highest BCUT2D eigenvalue weighted by atomic mass is 16.7. The summed E-state index contributed by atoms with van der Waals surface area (Å²) in [6, 6.07) is -0.133. The molecule has 0 bridgehead atoms. The van der Waals surface area contributed by atoms with Gasteiger partial charge in [-0.05, 0) is 38.5 Å². The zero-order valence-corrected chi connectivity index (χ0v) is 11.1. The number of nitrogens with one attached hydrogen (secondary N) is 1. The monoisotopic (exact) mass is 256 g/mol. The van der Waals surface area contributed by atoms with Crippen molar-refractivity contribution < 1.29 is 14.7 Å². The number of piperidine rings is 1. The van der Waals surface area contributed by atoms with Crippen LogP contribution < -0.4 is 5.48 Å². The van der Waals surface area contributed by atoms with Gasteiger partial charge in [-0.1, -0.05) is 12.8 Å². The molecule has 0 aromatic carbocycles. The Morgan fingerprint density at radius 3 is 2.44 bits per heavy atom. The summed E-state index contributed by atoms with van der Waals surface area (Å²) in [5, 5.41) is 9.51. The molecular weight excluding hydrogens is 232 g/mol. The Morgan fingerprint density at radius 2 is 1.89 bits per heavy atom. The van der Waals surface area contributed by atoms with Crippen molar-refractivity contribution >= 4 is 6.03 Å². The maximum Gasteiger partial charge on any atom is 0.341 e. The lowest BCUT2D eigenvalue weighted by molar-refractivity contribution is -0.0120. The fourth-order valence-electron chi connectivity index (χ4n) is 2.79. The van der Waals surface area contributed by atoms with E-state index in [9.17, 15) is 9.90 Å². The van der Waals surface area contributed by atoms with E-state index >= 15 is 0 Å². The number of aliphatic hydroxyl groups is 1. The van der Waals surface area contributed by atoms with Crippen LogP contribution >= 0.6 is 0 Å². The van der Waals surface area contributed by atoms with Crippen molar-refractivity contribution in [3.8, 4) is 0 Å². The first-order valence-electron chi connectivity index (χ1n) is 7.05. The van der Waals surface area contributed by atoms with E-state index in [1.54, 1.807) is 4.90 Å². The van der Waals surface area contributed by atoms with E-state index in [2.05, 4.69) is 5.48 Å². The first-order valence-corrected chi connectivity index (χ1v) is 7.05. The highest BCUT2D eigenvalue weighted by Crippen LogP contribution is 2.22. The Bertz CT molecular complexity index is 269. The number of aliphatic hydroxyl groups excluding tert-OH is 1. The maximum absolute atomic E-state index is 11.9. The predicted octanol–water partition coefficient (Wildman–Crippen LogP) is 1.66. The molecule has 1 saturated heterocycles. The Labute approximate surface area is 108 Å². The minimum Gasteiger partial charge on any atom is -0.393 e. The Morgan fingerprint density at radius 1 is 1.28 bits per heavy atom. The molecule has 1 atom stereocenters. The maximum atomic E-state index is 11.9. The molecule has 2 fully saturated rings. The van der Waals surface area contributed by atoms with Gasteiger partial charge < -0.3 is 10.0 Å². The number of rotatable bonds is 3. The first kappa shape index (κ1) is 13.6. The number of hydroxylamine groups is 1. The molecule has 1 saturated carbocycles. The third-order valence-corrected chi connectivity index (χ3v) is 4.12. The van der Waals surface area contributed by atoms with E-state index in [0.717, 1.165) is 25.7 Å². The normalized spacial score (nSPS) is 24.2. The molecule has 18 heavy (non-hydrogen) atoms. The number of hydrogen-bond donors (Lipinski definition) is 2. The van der Waals surface area contributed by atoms with E-state index in [1.165, 1.54) is 12.8 Å². The summed E-state index contributed by atoms with van der Waals surface area (Å²) in [6.45, 7) is 3.23. The highest BCUT2D eigenvalue weighted by Gasteiger charge is 2.26. The zero-order chi connectivity index (χ0) is 13.0. The molecule has 1 heterocycles. The second-order valence-corrected chi connectivity index (χ2v) is 5.50. The van der Waals surface area contributed by atoms with Crippen molar-refractivity contribution in [1.29, 1.82) is 0 Å². The summed E-state index contributed by atoms with van der Waals surface area (Å²) in [4.78, 5) is 19.0. The van der Waals surface area contributed by atoms with Gasteiger partial charge in [0, 0.05) is 13.1 Å². The number of nitrogens with zero attached hydrogens (tertiary/aromatic N) is 1. The molecule has 1 aliphatic carbocycles. The van der Waals surface area contributed by atoms with Crippen molar-refractivity contribution in [1.82, 2.24) is 10.4 Å². The fourth-order valence-corrected chi connectivity index (χ4v) is 2.79. The largest absolute Gasteiger partial charge is 0.393 e. The third kappa shape index (κ3) is 3.59. The van der Waals surface area contributed by atoms with Crippen LogP contribution in [0.3, 0.4) is 0 Å². The molecular formula is C13H24N2O3. The minimum absolute atomic E-state index is 0.133. The molecule has 2 N–H and O–H groups in total. The third-order valence-electron chi connectivity index (χ3n) is 4.12. The van der Waals surface area contributed by atoms with E-state index in [4.69, 9.17) is 4.84 Å². The Hall–Kier alpha value is -0.810. The molecule has 0 radical (unpaired) electrons. The molecule has 0 aromatic heterocycles. The van der Waals surface area contributed by atoms with E-state index in [-0.39, 0.29) is 18.2 Å². The molecule has 0 aromatic rings. The van der Waals surface area contributed by atoms with Gasteiger partial charge in [0.2, 0.25) is 0 Å². The van der Waals surface area contributed by atoms with Crippen molar-refractivity contribution in [3.05, 3.63) is 0 Å². The number of likely N-dealkylation sites (tertiary alicyclic amines) is 1. The summed E-state index contributed by atoms with van der Waals surface area (Å²) in [6.07, 6.45) is 6.15. The van der Waals surface area contributed by atoms with E-state index < -0.39 is 0 Å². The average Bonchev–Trinajstić information content (AvgIpc) is 2.89. The molecule has 2 rings (SSSR count).